The fraction of sp³-hybridized carbons (Fsp3) is 0.412. The lowest BCUT2D eigenvalue weighted by Crippen LogP contribution is -2.56. The maximum Gasteiger partial charge on any atom is 0.411 e. The molecule has 3 fully saturated rings. The molecule has 1 aliphatic carbocycles. The van der Waals surface area contributed by atoms with Crippen molar-refractivity contribution in [2.45, 2.75) is 50.2 Å². The van der Waals surface area contributed by atoms with E-state index in [4.69, 9.17) is 27.1 Å². The van der Waals surface area contributed by atoms with Gasteiger partial charge in [0.15, 0.2) is 0 Å². The number of nitrogens with two attached hydrogens (primary N) is 1. The van der Waals surface area contributed by atoms with Crippen molar-refractivity contribution in [3.63, 3.8) is 0 Å². The zero-order valence-corrected chi connectivity index (χ0v) is 27.5. The summed E-state index contributed by atoms with van der Waals surface area (Å²) in [7, 11) is 1.33. The first-order valence-corrected chi connectivity index (χ1v) is 16.8. The average molecular weight is 671 g/mol. The molecule has 1 unspecified atom stereocenters. The summed E-state index contributed by atoms with van der Waals surface area (Å²) in [6.07, 6.45) is 11.5. The van der Waals surface area contributed by atoms with Crippen LogP contribution in [0.25, 0.3) is 23.0 Å². The van der Waals surface area contributed by atoms with Crippen LogP contribution in [0, 0.1) is 11.8 Å². The Bertz CT molecular complexity index is 1760. The van der Waals surface area contributed by atoms with Gasteiger partial charge in [0.1, 0.15) is 12.2 Å². The number of methoxy groups -OCH3 is 1. The van der Waals surface area contributed by atoms with Gasteiger partial charge in [-0.15, -0.1) is 5.10 Å². The van der Waals surface area contributed by atoms with Gasteiger partial charge in [-0.1, -0.05) is 23.7 Å². The minimum atomic E-state index is -0.528. The topological polar surface area (TPSA) is 160 Å². The number of nitrogens with one attached hydrogen (secondary N) is 2. The summed E-state index contributed by atoms with van der Waals surface area (Å²) in [5.74, 6) is 1.46. The fourth-order valence-electron chi connectivity index (χ4n) is 7.12. The molecule has 2 aromatic carbocycles. The van der Waals surface area contributed by atoms with Gasteiger partial charge in [-0.25, -0.2) is 9.78 Å². The molecule has 2 aliphatic heterocycles. The van der Waals surface area contributed by atoms with Crippen molar-refractivity contribution in [2.24, 2.45) is 17.6 Å². The third kappa shape index (κ3) is 6.98. The average Bonchev–Trinajstić information content (AvgIpc) is 3.58. The minimum absolute atomic E-state index is 0.0945. The summed E-state index contributed by atoms with van der Waals surface area (Å²) < 4.78 is 6.25. The molecule has 0 spiro atoms. The van der Waals surface area contributed by atoms with Gasteiger partial charge in [0.2, 0.25) is 5.91 Å². The number of piperidine rings is 2. The molecular weight excluding hydrogens is 632 g/mol. The van der Waals surface area contributed by atoms with Crippen LogP contribution in [0.2, 0.25) is 5.02 Å². The van der Waals surface area contributed by atoms with Crippen LogP contribution in [-0.2, 0) is 9.53 Å². The number of likely N-dealkylation sites (tertiary alicyclic amines) is 2. The molecule has 4 heterocycles. The Kier molecular flexibility index (Phi) is 9.24. The standard InChI is InChI=1S/C34H39ClN10O3/c1-48-34(47)39-26-8-4-22(5-9-26)29-18-37-33(40-29)32-28(21-2-3-21)17-27(43-14-12-25(36)13-15-43)19-44(32)31(46)11-6-23-16-24(35)7-10-30(23)45-20-38-41-42-45/h4-11,16,18,20-21,25,27-28,32H,2-3,12-15,17,19,36H2,1H3,(H,37,40)(H,39,47)/b11-6+/t27-,28?,32-/m0/s1. The van der Waals surface area contributed by atoms with Crippen molar-refractivity contribution in [1.29, 1.82) is 0 Å². The van der Waals surface area contributed by atoms with Crippen molar-refractivity contribution >= 4 is 35.4 Å². The molecule has 0 radical (unpaired) electrons. The second kappa shape index (κ2) is 13.9. The molecule has 2 aromatic heterocycles. The second-order valence-corrected chi connectivity index (χ2v) is 13.3. The van der Waals surface area contributed by atoms with E-state index in [1.54, 1.807) is 29.0 Å². The number of ether oxygens (including phenoxy) is 1. The number of aromatic nitrogens is 6. The summed E-state index contributed by atoms with van der Waals surface area (Å²) in [6.45, 7) is 2.47. The molecule has 48 heavy (non-hydrogen) atoms. The van der Waals surface area contributed by atoms with E-state index in [2.05, 4.69) is 30.7 Å². The summed E-state index contributed by atoms with van der Waals surface area (Å²) in [4.78, 5) is 39.1. The van der Waals surface area contributed by atoms with Gasteiger partial charge in [-0.2, -0.15) is 4.68 Å². The van der Waals surface area contributed by atoms with E-state index in [0.717, 1.165) is 67.8 Å². The molecule has 7 rings (SSSR count). The van der Waals surface area contributed by atoms with Crippen LogP contribution >= 0.6 is 11.6 Å². The fourth-order valence-corrected chi connectivity index (χ4v) is 7.30. The number of nitrogens with zero attached hydrogens (tertiary/aromatic N) is 7. The lowest BCUT2D eigenvalue weighted by Gasteiger charge is -2.48. The number of carbonyl (C=O) groups is 2. The van der Waals surface area contributed by atoms with Crippen LogP contribution in [-0.4, -0.2) is 90.8 Å². The summed E-state index contributed by atoms with van der Waals surface area (Å²) in [5, 5.41) is 14.8. The number of imidazole rings is 1. The van der Waals surface area contributed by atoms with Crippen molar-refractivity contribution in [1.82, 2.24) is 40.0 Å². The summed E-state index contributed by atoms with van der Waals surface area (Å²) in [5.41, 5.74) is 9.99. The zero-order valence-electron chi connectivity index (χ0n) is 26.7. The van der Waals surface area contributed by atoms with Crippen LogP contribution in [0.15, 0.2) is 61.1 Å². The van der Waals surface area contributed by atoms with E-state index in [0.29, 0.717) is 28.9 Å². The third-order valence-electron chi connectivity index (χ3n) is 9.78. The Balaban J connectivity index is 1.20. The SMILES string of the molecule is COC(=O)Nc1ccc(-c2c[nH]c([C@@H]3C(C4CC4)C[C@H](N4CCC(N)CC4)CN3C(=O)/C=C/c3cc(Cl)ccc3-n3cnnn3)n2)cc1. The van der Waals surface area contributed by atoms with Crippen LogP contribution in [0.1, 0.15) is 49.5 Å². The molecule has 4 aromatic rings. The number of aromatic amines is 1. The van der Waals surface area contributed by atoms with Crippen LogP contribution < -0.4 is 11.1 Å². The number of benzene rings is 2. The van der Waals surface area contributed by atoms with E-state index in [1.807, 2.05) is 41.4 Å². The van der Waals surface area contributed by atoms with E-state index in [-0.39, 0.29) is 30.0 Å². The predicted octanol–water partition coefficient (Wildman–Crippen LogP) is 4.69. The highest BCUT2D eigenvalue weighted by Gasteiger charge is 2.48. The van der Waals surface area contributed by atoms with Gasteiger partial charge in [0, 0.05) is 52.7 Å². The largest absolute Gasteiger partial charge is 0.453 e. The van der Waals surface area contributed by atoms with Crippen molar-refractivity contribution in [2.75, 3.05) is 32.1 Å². The van der Waals surface area contributed by atoms with E-state index >= 15 is 0 Å². The van der Waals surface area contributed by atoms with Crippen LogP contribution in [0.5, 0.6) is 0 Å². The number of amides is 2. The maximum absolute atomic E-state index is 14.4. The first kappa shape index (κ1) is 32.0. The summed E-state index contributed by atoms with van der Waals surface area (Å²) >= 11 is 6.37. The van der Waals surface area contributed by atoms with Gasteiger partial charge >= 0.3 is 6.09 Å². The number of hydrogen-bond acceptors (Lipinski definition) is 9. The van der Waals surface area contributed by atoms with Gasteiger partial charge < -0.3 is 20.4 Å². The second-order valence-electron chi connectivity index (χ2n) is 12.9. The van der Waals surface area contributed by atoms with Crippen LogP contribution in [0.4, 0.5) is 10.5 Å². The molecule has 0 bridgehead atoms. The third-order valence-corrected chi connectivity index (χ3v) is 10.0. The van der Waals surface area contributed by atoms with E-state index in [9.17, 15) is 9.59 Å². The Hall–Kier alpha value is -4.59. The number of anilines is 1. The Morgan fingerprint density at radius 1 is 1.10 bits per heavy atom. The predicted molar refractivity (Wildman–Crippen MR) is 181 cm³/mol. The van der Waals surface area contributed by atoms with Gasteiger partial charge in [0.25, 0.3) is 0 Å². The van der Waals surface area contributed by atoms with Gasteiger partial charge in [-0.3, -0.25) is 15.0 Å². The van der Waals surface area contributed by atoms with Gasteiger partial charge in [0.05, 0.1) is 24.5 Å². The Morgan fingerprint density at radius 3 is 2.60 bits per heavy atom. The first-order chi connectivity index (χ1) is 23.4. The molecule has 1 saturated carbocycles. The highest BCUT2D eigenvalue weighted by Crippen LogP contribution is 2.50. The highest BCUT2D eigenvalue weighted by molar-refractivity contribution is 6.30. The monoisotopic (exact) mass is 670 g/mol. The van der Waals surface area contributed by atoms with Crippen molar-refractivity contribution in [3.8, 4) is 16.9 Å². The Labute approximate surface area is 283 Å². The Morgan fingerprint density at radius 2 is 1.90 bits per heavy atom. The first-order valence-electron chi connectivity index (χ1n) is 16.4. The van der Waals surface area contributed by atoms with E-state index in [1.165, 1.54) is 13.4 Å². The number of carbonyl (C=O) groups excluding carboxylic acids is 2. The summed E-state index contributed by atoms with van der Waals surface area (Å²) in [6, 6.07) is 13.1. The molecule has 14 heteroatoms. The molecule has 2 amide bonds. The molecule has 4 N–H and O–H groups in total. The van der Waals surface area contributed by atoms with Crippen LogP contribution in [0.3, 0.4) is 0 Å². The normalized spacial score (nSPS) is 22.2. The van der Waals surface area contributed by atoms with Gasteiger partial charge in [-0.05, 0) is 104 Å². The minimum Gasteiger partial charge on any atom is -0.453 e. The lowest BCUT2D eigenvalue weighted by molar-refractivity contribution is -0.134. The number of halogens is 1. The number of rotatable bonds is 8. The highest BCUT2D eigenvalue weighted by atomic mass is 35.5. The molecular formula is C34H39ClN10O3. The number of tetrazole rings is 1. The molecule has 2 saturated heterocycles. The van der Waals surface area contributed by atoms with Crippen molar-refractivity contribution in [3.05, 3.63) is 77.5 Å². The zero-order chi connectivity index (χ0) is 33.2. The number of H-pyrrole nitrogens is 1. The lowest BCUT2D eigenvalue weighted by atomic mass is 9.81. The number of hydrogen-bond donors (Lipinski definition) is 3. The maximum atomic E-state index is 14.4. The molecule has 13 nitrogen and oxygen atoms in total. The van der Waals surface area contributed by atoms with Crippen molar-refractivity contribution < 1.29 is 14.3 Å². The molecule has 3 aliphatic rings. The quantitative estimate of drug-likeness (QED) is 0.226. The molecule has 250 valence electrons. The van der Waals surface area contributed by atoms with E-state index < -0.39 is 6.09 Å². The molecule has 3 atom stereocenters. The smallest absolute Gasteiger partial charge is 0.411 e.